The van der Waals surface area contributed by atoms with Gasteiger partial charge in [-0.05, 0) is 36.1 Å². The van der Waals surface area contributed by atoms with Crippen LogP contribution in [-0.4, -0.2) is 19.1 Å². The van der Waals surface area contributed by atoms with Crippen LogP contribution >= 0.6 is 0 Å². The number of nitrogens with two attached hydrogens (primary N) is 1. The lowest BCUT2D eigenvalue weighted by Gasteiger charge is -2.32. The average Bonchev–Trinajstić information content (AvgIpc) is 3.17. The van der Waals surface area contributed by atoms with Crippen LogP contribution in [-0.2, 0) is 10.3 Å². The highest BCUT2D eigenvalue weighted by molar-refractivity contribution is 5.78. The average molecular weight is 366 g/mol. The Labute approximate surface area is 159 Å². The summed E-state index contributed by atoms with van der Waals surface area (Å²) < 4.78 is 11.4. The Hall–Kier alpha value is -2.53. The highest BCUT2D eigenvalue weighted by Crippen LogP contribution is 2.42. The summed E-state index contributed by atoms with van der Waals surface area (Å²) in [5.41, 5.74) is 7.97. The first-order valence-electron chi connectivity index (χ1n) is 9.68. The van der Waals surface area contributed by atoms with Crippen molar-refractivity contribution < 1.29 is 14.3 Å². The van der Waals surface area contributed by atoms with Crippen LogP contribution < -0.4 is 20.5 Å². The van der Waals surface area contributed by atoms with Crippen LogP contribution in [0.25, 0.3) is 0 Å². The Kier molecular flexibility index (Phi) is 5.03. The molecule has 0 bridgehead atoms. The van der Waals surface area contributed by atoms with Gasteiger partial charge in [-0.2, -0.15) is 0 Å². The predicted molar refractivity (Wildman–Crippen MR) is 104 cm³/mol. The second-order valence-corrected chi connectivity index (χ2v) is 7.42. The van der Waals surface area contributed by atoms with E-state index in [9.17, 15) is 4.79 Å². The molecule has 142 valence electrons. The largest absolute Gasteiger partial charge is 0.486 e. The first kappa shape index (κ1) is 17.9. The second kappa shape index (κ2) is 7.61. The molecule has 5 heteroatoms. The van der Waals surface area contributed by atoms with Crippen LogP contribution in [0.2, 0.25) is 0 Å². The molecule has 1 atom stereocenters. The monoisotopic (exact) mass is 366 g/mol. The summed E-state index contributed by atoms with van der Waals surface area (Å²) in [5, 5.41) is 3.30. The molecule has 2 aliphatic rings. The van der Waals surface area contributed by atoms with Crippen molar-refractivity contribution in [3.8, 4) is 11.5 Å². The lowest BCUT2D eigenvalue weighted by molar-refractivity contribution is -0.123. The van der Waals surface area contributed by atoms with Crippen molar-refractivity contribution in [1.82, 2.24) is 5.32 Å². The minimum absolute atomic E-state index is 0.0110. The van der Waals surface area contributed by atoms with Crippen molar-refractivity contribution in [3.05, 3.63) is 59.7 Å². The van der Waals surface area contributed by atoms with E-state index < -0.39 is 0 Å². The maximum atomic E-state index is 12.8. The SMILES string of the molecule is NC(CC(=O)NC1(c2ccc3c(c2)OCCO3)CCCC1)c1ccccc1. The van der Waals surface area contributed by atoms with Gasteiger partial charge in [-0.25, -0.2) is 0 Å². The van der Waals surface area contributed by atoms with Crippen LogP contribution in [0.3, 0.4) is 0 Å². The van der Waals surface area contributed by atoms with Crippen molar-refractivity contribution >= 4 is 5.91 Å². The third-order valence-corrected chi connectivity index (χ3v) is 5.56. The maximum Gasteiger partial charge on any atom is 0.222 e. The van der Waals surface area contributed by atoms with Crippen molar-refractivity contribution in [2.45, 2.75) is 43.7 Å². The Bertz CT molecular complexity index is 800. The topological polar surface area (TPSA) is 73.6 Å². The zero-order chi connectivity index (χ0) is 18.7. The molecule has 0 saturated heterocycles. The summed E-state index contributed by atoms with van der Waals surface area (Å²) in [7, 11) is 0. The molecule has 1 aliphatic heterocycles. The van der Waals surface area contributed by atoms with E-state index >= 15 is 0 Å². The van der Waals surface area contributed by atoms with Gasteiger partial charge >= 0.3 is 0 Å². The Morgan fingerprint density at radius 1 is 1.04 bits per heavy atom. The van der Waals surface area contributed by atoms with Crippen molar-refractivity contribution in [1.29, 1.82) is 0 Å². The highest BCUT2D eigenvalue weighted by Gasteiger charge is 2.38. The molecule has 0 radical (unpaired) electrons. The zero-order valence-corrected chi connectivity index (χ0v) is 15.4. The molecule has 5 nitrogen and oxygen atoms in total. The minimum atomic E-state index is -0.344. The maximum absolute atomic E-state index is 12.8. The Balaban J connectivity index is 1.51. The molecule has 0 spiro atoms. The smallest absolute Gasteiger partial charge is 0.222 e. The van der Waals surface area contributed by atoms with Crippen LogP contribution in [0.15, 0.2) is 48.5 Å². The van der Waals surface area contributed by atoms with E-state index in [1.165, 1.54) is 0 Å². The number of hydrogen-bond donors (Lipinski definition) is 2. The lowest BCUT2D eigenvalue weighted by Crippen LogP contribution is -2.44. The molecule has 0 aromatic heterocycles. The van der Waals surface area contributed by atoms with E-state index in [1.54, 1.807) is 0 Å². The molecule has 1 aliphatic carbocycles. The first-order valence-corrected chi connectivity index (χ1v) is 9.68. The predicted octanol–water partition coefficient (Wildman–Crippen LogP) is 3.43. The van der Waals surface area contributed by atoms with Gasteiger partial charge in [0.2, 0.25) is 5.91 Å². The summed E-state index contributed by atoms with van der Waals surface area (Å²) in [5.74, 6) is 1.53. The van der Waals surface area contributed by atoms with Crippen LogP contribution in [0.4, 0.5) is 0 Å². The fraction of sp³-hybridized carbons (Fsp3) is 0.409. The summed E-state index contributed by atoms with van der Waals surface area (Å²) in [4.78, 5) is 12.8. The third-order valence-electron chi connectivity index (χ3n) is 5.56. The Morgan fingerprint density at radius 3 is 2.48 bits per heavy atom. The molecular weight excluding hydrogens is 340 g/mol. The molecule has 27 heavy (non-hydrogen) atoms. The van der Waals surface area contributed by atoms with Crippen LogP contribution in [0.1, 0.15) is 49.3 Å². The molecule has 1 saturated carbocycles. The number of rotatable bonds is 5. The van der Waals surface area contributed by atoms with E-state index in [0.29, 0.717) is 13.2 Å². The van der Waals surface area contributed by atoms with E-state index in [4.69, 9.17) is 15.2 Å². The number of hydrogen-bond acceptors (Lipinski definition) is 4. The van der Waals surface area contributed by atoms with Crippen LogP contribution in [0, 0.1) is 0 Å². The number of carbonyl (C=O) groups is 1. The Morgan fingerprint density at radius 2 is 1.74 bits per heavy atom. The summed E-state index contributed by atoms with van der Waals surface area (Å²) in [6.07, 6.45) is 4.33. The van der Waals surface area contributed by atoms with Gasteiger partial charge in [0.25, 0.3) is 0 Å². The number of nitrogens with one attached hydrogen (secondary N) is 1. The fourth-order valence-electron chi connectivity index (χ4n) is 4.14. The molecule has 1 unspecified atom stereocenters. The van der Waals surface area contributed by atoms with E-state index in [0.717, 1.165) is 48.3 Å². The van der Waals surface area contributed by atoms with Crippen molar-refractivity contribution in [3.63, 3.8) is 0 Å². The quantitative estimate of drug-likeness (QED) is 0.850. The molecule has 3 N–H and O–H groups in total. The molecule has 2 aromatic carbocycles. The normalized spacial score (nSPS) is 18.7. The van der Waals surface area contributed by atoms with Crippen molar-refractivity contribution in [2.24, 2.45) is 5.73 Å². The van der Waals surface area contributed by atoms with Gasteiger partial charge in [0.05, 0.1) is 5.54 Å². The third kappa shape index (κ3) is 3.78. The molecule has 1 heterocycles. The van der Waals surface area contributed by atoms with Crippen LogP contribution in [0.5, 0.6) is 11.5 Å². The fourth-order valence-corrected chi connectivity index (χ4v) is 4.14. The lowest BCUT2D eigenvalue weighted by atomic mass is 9.87. The number of benzene rings is 2. The van der Waals surface area contributed by atoms with E-state index in [2.05, 4.69) is 11.4 Å². The van der Waals surface area contributed by atoms with E-state index in [-0.39, 0.29) is 23.9 Å². The first-order chi connectivity index (χ1) is 13.2. The van der Waals surface area contributed by atoms with E-state index in [1.807, 2.05) is 42.5 Å². The van der Waals surface area contributed by atoms with Gasteiger partial charge in [0.1, 0.15) is 13.2 Å². The number of fused-ring (bicyclic) bond motifs is 1. The standard InChI is InChI=1S/C22H26N2O3/c23-18(16-6-2-1-3-7-16)15-21(25)24-22(10-4-5-11-22)17-8-9-19-20(14-17)27-13-12-26-19/h1-3,6-9,14,18H,4-5,10-13,15,23H2,(H,24,25). The molecule has 4 rings (SSSR count). The van der Waals surface area contributed by atoms with Gasteiger partial charge in [-0.15, -0.1) is 0 Å². The second-order valence-electron chi connectivity index (χ2n) is 7.42. The molecule has 2 aromatic rings. The van der Waals surface area contributed by atoms with Crippen molar-refractivity contribution in [2.75, 3.05) is 13.2 Å². The van der Waals surface area contributed by atoms with Gasteiger partial charge in [0, 0.05) is 12.5 Å². The number of amides is 1. The summed E-state index contributed by atoms with van der Waals surface area (Å²) in [6.45, 7) is 1.13. The van der Waals surface area contributed by atoms with Gasteiger partial charge < -0.3 is 20.5 Å². The minimum Gasteiger partial charge on any atom is -0.486 e. The zero-order valence-electron chi connectivity index (χ0n) is 15.4. The van der Waals surface area contributed by atoms with Gasteiger partial charge in [0.15, 0.2) is 11.5 Å². The van der Waals surface area contributed by atoms with Gasteiger partial charge in [-0.3, -0.25) is 4.79 Å². The molecule has 1 fully saturated rings. The summed E-state index contributed by atoms with van der Waals surface area (Å²) >= 11 is 0. The summed E-state index contributed by atoms with van der Waals surface area (Å²) in [6, 6.07) is 15.5. The van der Waals surface area contributed by atoms with Gasteiger partial charge in [-0.1, -0.05) is 49.2 Å². The molecule has 1 amide bonds. The molecular formula is C22H26N2O3. The number of ether oxygens (including phenoxy) is 2. The highest BCUT2D eigenvalue weighted by atomic mass is 16.6. The number of carbonyl (C=O) groups excluding carboxylic acids is 1.